The van der Waals surface area contributed by atoms with Crippen LogP contribution in [0.25, 0.3) is 0 Å². The van der Waals surface area contributed by atoms with Crippen molar-refractivity contribution >= 4 is 17.5 Å². The molecule has 0 bridgehead atoms. The van der Waals surface area contributed by atoms with Crippen molar-refractivity contribution in [3.63, 3.8) is 0 Å². The molecule has 6 heteroatoms. The first kappa shape index (κ1) is 22.3. The van der Waals surface area contributed by atoms with Crippen molar-refractivity contribution < 1.29 is 14.6 Å². The van der Waals surface area contributed by atoms with Gasteiger partial charge in [-0.3, -0.25) is 4.79 Å². The van der Waals surface area contributed by atoms with Crippen LogP contribution in [0.2, 0.25) is 0 Å². The number of carbonyl (C=O) groups is 1. The molecule has 0 saturated heterocycles. The molecule has 4 aromatic rings. The lowest BCUT2D eigenvalue weighted by molar-refractivity contribution is 0.0971. The van der Waals surface area contributed by atoms with E-state index in [0.717, 1.165) is 45.7 Å². The maximum atomic E-state index is 12.7. The van der Waals surface area contributed by atoms with Gasteiger partial charge in [-0.25, -0.2) is 4.98 Å². The molecule has 1 atom stereocenters. The molecule has 0 unspecified atom stereocenters. The Morgan fingerprint density at radius 1 is 1.06 bits per heavy atom. The number of nitrogens with one attached hydrogen (secondary N) is 1. The first-order valence-corrected chi connectivity index (χ1v) is 12.4. The van der Waals surface area contributed by atoms with Crippen molar-refractivity contribution in [1.29, 1.82) is 0 Å². The molecule has 0 aliphatic heterocycles. The Labute approximate surface area is 203 Å². The van der Waals surface area contributed by atoms with Crippen LogP contribution >= 0.6 is 11.8 Å². The zero-order chi connectivity index (χ0) is 23.5. The van der Waals surface area contributed by atoms with Crippen molar-refractivity contribution in [3.05, 3.63) is 107 Å². The molecule has 34 heavy (non-hydrogen) atoms. The summed E-state index contributed by atoms with van der Waals surface area (Å²) in [7, 11) is 0. The molecule has 5 nitrogen and oxygen atoms in total. The summed E-state index contributed by atoms with van der Waals surface area (Å²) in [6.45, 7) is 2.02. The Morgan fingerprint density at radius 2 is 1.85 bits per heavy atom. The van der Waals surface area contributed by atoms with Crippen LogP contribution in [-0.4, -0.2) is 20.9 Å². The number of hydrogen-bond acceptors (Lipinski definition) is 5. The van der Waals surface area contributed by atoms with Gasteiger partial charge in [-0.15, -0.1) is 11.8 Å². The highest BCUT2D eigenvalue weighted by atomic mass is 32.2. The van der Waals surface area contributed by atoms with Crippen LogP contribution in [-0.2, 0) is 17.8 Å². The number of benzene rings is 3. The number of rotatable bonds is 7. The van der Waals surface area contributed by atoms with Gasteiger partial charge in [0.2, 0.25) is 0 Å². The lowest BCUT2D eigenvalue weighted by Crippen LogP contribution is -2.33. The fraction of sp³-hybridized carbons (Fsp3) is 0.214. The Balaban J connectivity index is 1.57. The van der Waals surface area contributed by atoms with Gasteiger partial charge >= 0.3 is 0 Å². The number of hydrogen-bond donors (Lipinski definition) is 2. The fourth-order valence-electron chi connectivity index (χ4n) is 4.48. The summed E-state index contributed by atoms with van der Waals surface area (Å²) in [6, 6.07) is 21.1. The number of ketones is 1. The van der Waals surface area contributed by atoms with Gasteiger partial charge < -0.3 is 14.8 Å². The van der Waals surface area contributed by atoms with E-state index in [4.69, 9.17) is 4.74 Å². The van der Waals surface area contributed by atoms with Crippen LogP contribution in [0.3, 0.4) is 0 Å². The van der Waals surface area contributed by atoms with Gasteiger partial charge in [-0.2, -0.15) is 0 Å². The third-order valence-corrected chi connectivity index (χ3v) is 7.37. The predicted molar refractivity (Wildman–Crippen MR) is 133 cm³/mol. The molecule has 1 heterocycles. The largest absolute Gasteiger partial charge is 0.508 e. The smallest absolute Gasteiger partial charge is 0.188 e. The van der Waals surface area contributed by atoms with E-state index in [-0.39, 0.29) is 11.5 Å². The zero-order valence-corrected chi connectivity index (χ0v) is 19.8. The number of aromatic amines is 1. The maximum absolute atomic E-state index is 12.7. The molecule has 0 radical (unpaired) electrons. The second-order valence-corrected chi connectivity index (χ2v) is 9.62. The molecular formula is C28H26N2O3S. The number of phenolic OH excluding ortho intramolecular Hbond substituents is 1. The molecule has 0 fully saturated rings. The number of thioether (sulfide) groups is 1. The predicted octanol–water partition coefficient (Wildman–Crippen LogP) is 6.27. The fourth-order valence-corrected chi connectivity index (χ4v) is 5.43. The summed E-state index contributed by atoms with van der Waals surface area (Å²) in [6.07, 6.45) is 5.82. The third kappa shape index (κ3) is 4.33. The molecule has 172 valence electrons. The van der Waals surface area contributed by atoms with Crippen LogP contribution < -0.4 is 4.74 Å². The first-order valence-electron chi connectivity index (χ1n) is 11.4. The molecule has 0 spiro atoms. The zero-order valence-electron chi connectivity index (χ0n) is 19.0. The Morgan fingerprint density at radius 3 is 2.59 bits per heavy atom. The number of carbonyl (C=O) groups excluding carboxylic acids is 1. The summed E-state index contributed by atoms with van der Waals surface area (Å²) >= 11 is 1.66. The van der Waals surface area contributed by atoms with E-state index in [0.29, 0.717) is 18.0 Å². The van der Waals surface area contributed by atoms with Crippen molar-refractivity contribution in [2.75, 3.05) is 0 Å². The number of imidazole rings is 1. The molecular weight excluding hydrogens is 444 g/mol. The van der Waals surface area contributed by atoms with Crippen molar-refractivity contribution in [2.24, 2.45) is 0 Å². The van der Waals surface area contributed by atoms with Gasteiger partial charge in [0.1, 0.15) is 11.5 Å². The Hall–Kier alpha value is -3.51. The lowest BCUT2D eigenvalue weighted by atomic mass is 9.87. The molecule has 2 N–H and O–H groups in total. The lowest BCUT2D eigenvalue weighted by Gasteiger charge is -2.32. The molecule has 0 saturated carbocycles. The van der Waals surface area contributed by atoms with Crippen molar-refractivity contribution in [2.45, 2.75) is 42.4 Å². The van der Waals surface area contributed by atoms with E-state index in [9.17, 15) is 9.90 Å². The number of H-pyrrole nitrogens is 1. The SMILES string of the molecule is C[C@](Oc1ccc2c(c1CSc1ccc(O)cc1)CCCC2=O)(c1ccccc1)c1ncc[nH]1. The summed E-state index contributed by atoms with van der Waals surface area (Å²) in [5.41, 5.74) is 3.07. The van der Waals surface area contributed by atoms with Crippen LogP contribution in [0.5, 0.6) is 11.5 Å². The monoisotopic (exact) mass is 470 g/mol. The van der Waals surface area contributed by atoms with Gasteiger partial charge in [0, 0.05) is 46.2 Å². The van der Waals surface area contributed by atoms with Crippen LogP contribution in [0.15, 0.2) is 84.0 Å². The number of ether oxygens (including phenoxy) is 1. The average Bonchev–Trinajstić information content (AvgIpc) is 3.41. The van der Waals surface area contributed by atoms with E-state index >= 15 is 0 Å². The summed E-state index contributed by atoms with van der Waals surface area (Å²) < 4.78 is 6.81. The van der Waals surface area contributed by atoms with E-state index in [1.54, 1.807) is 36.3 Å². The third-order valence-electron chi connectivity index (χ3n) is 6.33. The van der Waals surface area contributed by atoms with Gasteiger partial charge in [0.15, 0.2) is 17.2 Å². The van der Waals surface area contributed by atoms with Gasteiger partial charge in [0.05, 0.1) is 0 Å². The standard InChI is InChI=1S/C28H26N2O3S/c1-28(27-29-16-17-30-27,19-6-3-2-4-7-19)33-26-15-14-23-22(8-5-9-25(23)32)24(26)18-34-21-12-10-20(31)11-13-21/h2-4,6-7,10-17,31H,5,8-9,18H2,1H3,(H,29,30)/t28-/m0/s1. The maximum Gasteiger partial charge on any atom is 0.188 e. The van der Waals surface area contributed by atoms with Crippen LogP contribution in [0, 0.1) is 0 Å². The van der Waals surface area contributed by atoms with E-state index < -0.39 is 5.60 Å². The minimum atomic E-state index is -0.838. The molecule has 1 aliphatic rings. The molecule has 0 amide bonds. The number of aromatic hydroxyl groups is 1. The van der Waals surface area contributed by atoms with Crippen molar-refractivity contribution in [1.82, 2.24) is 9.97 Å². The first-order chi connectivity index (χ1) is 16.5. The molecule has 1 aromatic heterocycles. The number of Topliss-reactive ketones (excluding diaryl/α,β-unsaturated/α-hetero) is 1. The average molecular weight is 471 g/mol. The van der Waals surface area contributed by atoms with Crippen LogP contribution in [0.4, 0.5) is 0 Å². The Kier molecular flexibility index (Phi) is 6.16. The molecule has 5 rings (SSSR count). The van der Waals surface area contributed by atoms with E-state index in [1.165, 1.54) is 0 Å². The highest BCUT2D eigenvalue weighted by molar-refractivity contribution is 7.98. The molecule has 1 aliphatic carbocycles. The van der Waals surface area contributed by atoms with E-state index in [2.05, 4.69) is 9.97 Å². The highest BCUT2D eigenvalue weighted by Gasteiger charge is 2.35. The Bertz CT molecular complexity index is 1290. The van der Waals surface area contributed by atoms with Gasteiger partial charge in [-0.05, 0) is 61.7 Å². The number of nitrogens with zero attached hydrogens (tertiary/aromatic N) is 1. The number of phenols is 1. The number of fused-ring (bicyclic) bond motifs is 1. The van der Waals surface area contributed by atoms with E-state index in [1.807, 2.05) is 61.5 Å². The summed E-state index contributed by atoms with van der Waals surface area (Å²) in [5.74, 6) is 2.56. The van der Waals surface area contributed by atoms with Crippen LogP contribution in [0.1, 0.15) is 52.6 Å². The highest BCUT2D eigenvalue weighted by Crippen LogP contribution is 2.40. The minimum Gasteiger partial charge on any atom is -0.508 e. The second kappa shape index (κ2) is 9.39. The van der Waals surface area contributed by atoms with Gasteiger partial charge in [0.25, 0.3) is 0 Å². The summed E-state index contributed by atoms with van der Waals surface area (Å²) in [4.78, 5) is 21.5. The normalized spacial score (nSPS) is 14.9. The quantitative estimate of drug-likeness (QED) is 0.311. The van der Waals surface area contributed by atoms with Crippen molar-refractivity contribution in [3.8, 4) is 11.5 Å². The topological polar surface area (TPSA) is 75.2 Å². The second-order valence-electron chi connectivity index (χ2n) is 8.57. The minimum absolute atomic E-state index is 0.195. The van der Waals surface area contributed by atoms with Gasteiger partial charge in [-0.1, -0.05) is 30.3 Å². The number of aromatic nitrogens is 2. The summed E-state index contributed by atoms with van der Waals surface area (Å²) in [5, 5.41) is 9.62. The molecule has 3 aromatic carbocycles.